The van der Waals surface area contributed by atoms with Crippen LogP contribution >= 0.6 is 11.3 Å². The molecule has 0 radical (unpaired) electrons. The van der Waals surface area contributed by atoms with Crippen molar-refractivity contribution in [3.8, 4) is 0 Å². The second-order valence-corrected chi connectivity index (χ2v) is 9.47. The maximum Gasteiger partial charge on any atom is 0.250 e. The molecule has 2 bridgehead atoms. The molecular formula is C20H25N5OS. The zero-order valence-corrected chi connectivity index (χ0v) is 16.9. The normalized spacial score (nSPS) is 22.5. The van der Waals surface area contributed by atoms with Crippen LogP contribution in [0.2, 0.25) is 0 Å². The van der Waals surface area contributed by atoms with Gasteiger partial charge in [-0.25, -0.2) is 9.50 Å². The lowest BCUT2D eigenvalue weighted by atomic mass is 9.83. The van der Waals surface area contributed by atoms with E-state index in [1.54, 1.807) is 17.4 Å². The summed E-state index contributed by atoms with van der Waals surface area (Å²) in [7, 11) is 0. The summed E-state index contributed by atoms with van der Waals surface area (Å²) in [6.45, 7) is 10.2. The number of hydrogen-bond donors (Lipinski definition) is 0. The van der Waals surface area contributed by atoms with Crippen LogP contribution in [0.25, 0.3) is 4.96 Å². The van der Waals surface area contributed by atoms with Crippen molar-refractivity contribution < 1.29 is 0 Å². The number of piperidine rings is 1. The topological polar surface area (TPSA) is 55.4 Å². The van der Waals surface area contributed by atoms with Crippen LogP contribution < -0.4 is 5.56 Å². The van der Waals surface area contributed by atoms with Gasteiger partial charge in [0.05, 0.1) is 11.4 Å². The number of hydrogen-bond acceptors (Lipinski definition) is 5. The van der Waals surface area contributed by atoms with Crippen molar-refractivity contribution in [2.45, 2.75) is 52.1 Å². The molecule has 0 N–H and O–H groups in total. The Morgan fingerprint density at radius 2 is 2.11 bits per heavy atom. The third-order valence-corrected chi connectivity index (χ3v) is 6.73. The van der Waals surface area contributed by atoms with Gasteiger partial charge in [0.2, 0.25) is 4.96 Å². The van der Waals surface area contributed by atoms with Gasteiger partial charge in [0.25, 0.3) is 5.56 Å². The predicted molar refractivity (Wildman–Crippen MR) is 107 cm³/mol. The largest absolute Gasteiger partial charge is 0.312 e. The summed E-state index contributed by atoms with van der Waals surface area (Å²) in [5.74, 6) is 1.37. The lowest BCUT2D eigenvalue weighted by Crippen LogP contribution is -2.46. The van der Waals surface area contributed by atoms with E-state index in [1.165, 1.54) is 23.5 Å². The maximum absolute atomic E-state index is 12.2. The Morgan fingerprint density at radius 3 is 2.93 bits per heavy atom. The van der Waals surface area contributed by atoms with Gasteiger partial charge in [-0.15, -0.1) is 0 Å². The number of pyridine rings is 1. The van der Waals surface area contributed by atoms with E-state index < -0.39 is 0 Å². The second-order valence-electron chi connectivity index (χ2n) is 8.31. The van der Waals surface area contributed by atoms with Gasteiger partial charge in [-0.2, -0.15) is 5.10 Å². The molecule has 7 heteroatoms. The summed E-state index contributed by atoms with van der Waals surface area (Å²) in [6, 6.07) is 5.72. The first-order valence-corrected chi connectivity index (χ1v) is 10.6. The first kappa shape index (κ1) is 17.1. The number of imidazole rings is 1. The molecule has 2 atom stereocenters. The van der Waals surface area contributed by atoms with Crippen LogP contribution in [-0.2, 0) is 13.1 Å². The van der Waals surface area contributed by atoms with Crippen molar-refractivity contribution in [3.63, 3.8) is 0 Å². The first-order valence-electron chi connectivity index (χ1n) is 9.76. The molecule has 142 valence electrons. The number of aryl methyl sites for hydroxylation is 1. The molecule has 0 saturated carbocycles. The summed E-state index contributed by atoms with van der Waals surface area (Å²) >= 11 is 1.66. The van der Waals surface area contributed by atoms with Gasteiger partial charge in [0.15, 0.2) is 0 Å². The highest BCUT2D eigenvalue weighted by Gasteiger charge is 2.35. The summed E-state index contributed by atoms with van der Waals surface area (Å²) < 4.78 is 4.05. The molecule has 5 rings (SSSR count). The minimum Gasteiger partial charge on any atom is -0.312 e. The highest BCUT2D eigenvalue weighted by atomic mass is 32.1. The quantitative estimate of drug-likeness (QED) is 0.698. The number of nitrogens with zero attached hydrogens (tertiary/aromatic N) is 5. The van der Waals surface area contributed by atoms with Crippen LogP contribution in [0.1, 0.15) is 54.2 Å². The molecule has 6 nitrogen and oxygen atoms in total. The molecule has 0 spiro atoms. The molecule has 27 heavy (non-hydrogen) atoms. The molecule has 3 aromatic rings. The van der Waals surface area contributed by atoms with E-state index in [0.29, 0.717) is 17.8 Å². The van der Waals surface area contributed by atoms with E-state index in [-0.39, 0.29) is 5.56 Å². The van der Waals surface area contributed by atoms with Crippen molar-refractivity contribution >= 4 is 16.3 Å². The smallest absolute Gasteiger partial charge is 0.250 e. The molecule has 0 amide bonds. The second kappa shape index (κ2) is 6.27. The minimum atomic E-state index is 0.146. The van der Waals surface area contributed by atoms with E-state index in [9.17, 15) is 4.79 Å². The lowest BCUT2D eigenvalue weighted by molar-refractivity contribution is 0.112. The highest BCUT2D eigenvalue weighted by Crippen LogP contribution is 2.36. The Labute approximate surface area is 162 Å². The Hall–Kier alpha value is -1.99. The van der Waals surface area contributed by atoms with Gasteiger partial charge in [-0.05, 0) is 31.2 Å². The average Bonchev–Trinajstić information content (AvgIpc) is 3.13. The zero-order valence-electron chi connectivity index (χ0n) is 16.1. The van der Waals surface area contributed by atoms with Gasteiger partial charge >= 0.3 is 0 Å². The van der Waals surface area contributed by atoms with Crippen LogP contribution in [0.4, 0.5) is 0 Å². The fourth-order valence-electron chi connectivity index (χ4n) is 4.85. The Balaban J connectivity index is 1.47. The van der Waals surface area contributed by atoms with Gasteiger partial charge in [0, 0.05) is 43.9 Å². The van der Waals surface area contributed by atoms with Crippen LogP contribution in [0, 0.1) is 12.8 Å². The number of fused-ring (bicyclic) bond motifs is 5. The molecule has 0 unspecified atom stereocenters. The molecule has 5 heterocycles. The molecule has 3 aromatic heterocycles. The molecule has 0 aliphatic carbocycles. The maximum atomic E-state index is 12.2. The summed E-state index contributed by atoms with van der Waals surface area (Å²) in [4.78, 5) is 20.6. The third kappa shape index (κ3) is 2.84. The third-order valence-electron chi connectivity index (χ3n) is 5.90. The van der Waals surface area contributed by atoms with Crippen LogP contribution in [-0.4, -0.2) is 37.2 Å². The van der Waals surface area contributed by atoms with Crippen molar-refractivity contribution in [3.05, 3.63) is 50.6 Å². The van der Waals surface area contributed by atoms with Gasteiger partial charge in [0.1, 0.15) is 5.01 Å². The van der Waals surface area contributed by atoms with E-state index in [4.69, 9.17) is 10.1 Å². The number of rotatable bonds is 3. The molecule has 2 aliphatic rings. The molecule has 1 saturated heterocycles. The Morgan fingerprint density at radius 1 is 1.26 bits per heavy atom. The molecule has 1 fully saturated rings. The Kier molecular flexibility index (Phi) is 3.98. The zero-order chi connectivity index (χ0) is 18.7. The predicted octanol–water partition coefficient (Wildman–Crippen LogP) is 3.00. The van der Waals surface area contributed by atoms with E-state index in [0.717, 1.165) is 36.1 Å². The Bertz CT molecular complexity index is 1060. The van der Waals surface area contributed by atoms with Gasteiger partial charge in [-0.3, -0.25) is 9.69 Å². The number of aromatic nitrogens is 4. The monoisotopic (exact) mass is 383 g/mol. The van der Waals surface area contributed by atoms with Crippen LogP contribution in [0.3, 0.4) is 0 Å². The van der Waals surface area contributed by atoms with Crippen molar-refractivity contribution in [1.29, 1.82) is 0 Å². The summed E-state index contributed by atoms with van der Waals surface area (Å²) in [5.41, 5.74) is 3.75. The standard InChI is InChI=1S/C20H25N5OS/c1-12(2)19-17(25-20(21-19)27-13(3)22-25)11-23-8-14-7-15(10-23)16-5-4-6-18(26)24(16)9-14/h4-6,12,14-15H,7-11H2,1-3H3/t14-,15+/m0/s1. The minimum absolute atomic E-state index is 0.146. The van der Waals surface area contributed by atoms with Crippen molar-refractivity contribution in [1.82, 2.24) is 24.1 Å². The summed E-state index contributed by atoms with van der Waals surface area (Å²) in [5, 5.41) is 5.76. The van der Waals surface area contributed by atoms with E-state index in [2.05, 4.69) is 29.3 Å². The highest BCUT2D eigenvalue weighted by molar-refractivity contribution is 7.16. The van der Waals surface area contributed by atoms with Crippen molar-refractivity contribution in [2.75, 3.05) is 13.1 Å². The van der Waals surface area contributed by atoms with Crippen LogP contribution in [0.15, 0.2) is 23.0 Å². The first-order chi connectivity index (χ1) is 13.0. The summed E-state index contributed by atoms with van der Waals surface area (Å²) in [6.07, 6.45) is 1.19. The van der Waals surface area contributed by atoms with E-state index >= 15 is 0 Å². The van der Waals surface area contributed by atoms with Crippen molar-refractivity contribution in [2.24, 2.45) is 5.92 Å². The van der Waals surface area contributed by atoms with Gasteiger partial charge < -0.3 is 4.57 Å². The lowest BCUT2D eigenvalue weighted by Gasteiger charge is -2.42. The van der Waals surface area contributed by atoms with E-state index in [1.807, 2.05) is 17.6 Å². The fourth-order valence-corrected chi connectivity index (χ4v) is 5.62. The van der Waals surface area contributed by atoms with Crippen LogP contribution in [0.5, 0.6) is 0 Å². The number of likely N-dealkylation sites (tertiary alicyclic amines) is 1. The molecular weight excluding hydrogens is 358 g/mol. The fraction of sp³-hybridized carbons (Fsp3) is 0.550. The average molecular weight is 384 g/mol. The SMILES string of the molecule is Cc1nn2c(CN3C[C@@H]4C[C@H](C3)c3cccc(=O)n3C4)c(C(C)C)nc2s1. The molecule has 0 aromatic carbocycles. The van der Waals surface area contributed by atoms with Gasteiger partial charge in [-0.1, -0.05) is 31.3 Å². The molecule has 2 aliphatic heterocycles.